The van der Waals surface area contributed by atoms with Crippen LogP contribution < -0.4 is 14.2 Å². The number of hydrogen-bond acceptors (Lipinski definition) is 3. The minimum Gasteiger partial charge on any atom is -0.493 e. The fraction of sp³-hybridized carbons (Fsp3) is 0.294. The van der Waals surface area contributed by atoms with Gasteiger partial charge in [0.15, 0.2) is 11.5 Å². The van der Waals surface area contributed by atoms with Crippen molar-refractivity contribution in [2.24, 2.45) is 0 Å². The van der Waals surface area contributed by atoms with Crippen LogP contribution in [0, 0.1) is 6.92 Å². The Hall–Kier alpha value is -1.00. The van der Waals surface area contributed by atoms with Gasteiger partial charge >= 0.3 is 0 Å². The summed E-state index contributed by atoms with van der Waals surface area (Å²) in [6, 6.07) is 6.90. The van der Waals surface area contributed by atoms with E-state index >= 15 is 0 Å². The van der Waals surface area contributed by atoms with Crippen LogP contribution in [0.25, 0.3) is 0 Å². The standard InChI is InChI=1S/C9H11ClO2.C8H7Cl3O/c1-6-4-5-7(11-2)9(12-3)8(6)10;1-2-12-8-4-6(10)5(9)3-7(8)11/h4-5H,1-3H3;3-4H,2H2,1H3. The maximum Gasteiger partial charge on any atom is 0.179 e. The zero-order valence-electron chi connectivity index (χ0n) is 13.8. The van der Waals surface area contributed by atoms with Gasteiger partial charge in [-0.15, -0.1) is 0 Å². The summed E-state index contributed by atoms with van der Waals surface area (Å²) in [5, 5.41) is 1.97. The Balaban J connectivity index is 0.000000240. The van der Waals surface area contributed by atoms with E-state index in [4.69, 9.17) is 60.6 Å². The Labute approximate surface area is 162 Å². The molecule has 0 saturated heterocycles. The summed E-state index contributed by atoms with van der Waals surface area (Å²) in [7, 11) is 3.16. The van der Waals surface area contributed by atoms with Gasteiger partial charge in [0, 0.05) is 6.07 Å². The van der Waals surface area contributed by atoms with Crippen molar-refractivity contribution in [2.45, 2.75) is 13.8 Å². The number of methoxy groups -OCH3 is 2. The molecule has 7 heteroatoms. The van der Waals surface area contributed by atoms with E-state index in [9.17, 15) is 0 Å². The molecule has 0 unspecified atom stereocenters. The SMILES string of the molecule is CCOc1cc(Cl)c(Cl)cc1Cl.COc1ccc(C)c(Cl)c1OC. The molecule has 0 spiro atoms. The molecule has 0 heterocycles. The first-order chi connectivity index (χ1) is 11.3. The molecule has 0 aliphatic heterocycles. The molecule has 3 nitrogen and oxygen atoms in total. The number of aryl methyl sites for hydroxylation is 1. The third kappa shape index (κ3) is 5.52. The number of halogens is 4. The minimum atomic E-state index is 0.435. The molecule has 0 bridgehead atoms. The molecule has 0 N–H and O–H groups in total. The van der Waals surface area contributed by atoms with Crippen LogP contribution in [0.3, 0.4) is 0 Å². The predicted molar refractivity (Wildman–Crippen MR) is 102 cm³/mol. The molecule has 0 atom stereocenters. The zero-order valence-corrected chi connectivity index (χ0v) is 16.8. The fourth-order valence-corrected chi connectivity index (χ4v) is 2.58. The fourth-order valence-electron chi connectivity index (χ4n) is 1.76. The predicted octanol–water partition coefficient (Wildman–Crippen LogP) is 6.71. The van der Waals surface area contributed by atoms with Crippen molar-refractivity contribution < 1.29 is 14.2 Å². The Morgan fingerprint density at radius 2 is 1.46 bits per heavy atom. The van der Waals surface area contributed by atoms with Crippen molar-refractivity contribution in [3.63, 3.8) is 0 Å². The van der Waals surface area contributed by atoms with Gasteiger partial charge in [0.2, 0.25) is 0 Å². The molecule has 0 aliphatic rings. The van der Waals surface area contributed by atoms with E-state index in [0.717, 1.165) is 5.56 Å². The molecular weight excluding hydrogens is 394 g/mol. The molecular formula is C17H18Cl4O3. The summed E-state index contributed by atoms with van der Waals surface area (Å²) < 4.78 is 15.4. The average molecular weight is 412 g/mol. The van der Waals surface area contributed by atoms with Crippen molar-refractivity contribution in [2.75, 3.05) is 20.8 Å². The largest absolute Gasteiger partial charge is 0.493 e. The van der Waals surface area contributed by atoms with Crippen LogP contribution in [0.5, 0.6) is 17.2 Å². The molecule has 24 heavy (non-hydrogen) atoms. The van der Waals surface area contributed by atoms with E-state index in [-0.39, 0.29) is 0 Å². The van der Waals surface area contributed by atoms with E-state index in [1.54, 1.807) is 26.4 Å². The van der Waals surface area contributed by atoms with Crippen LogP contribution in [0.1, 0.15) is 12.5 Å². The smallest absolute Gasteiger partial charge is 0.179 e. The second kappa shape index (κ2) is 10.1. The van der Waals surface area contributed by atoms with Crippen molar-refractivity contribution >= 4 is 46.4 Å². The van der Waals surface area contributed by atoms with Crippen molar-refractivity contribution in [3.8, 4) is 17.2 Å². The number of ether oxygens (including phenoxy) is 3. The lowest BCUT2D eigenvalue weighted by molar-refractivity contribution is 0.340. The second-order valence-corrected chi connectivity index (χ2v) is 6.16. The van der Waals surface area contributed by atoms with Crippen LogP contribution in [-0.2, 0) is 0 Å². The van der Waals surface area contributed by atoms with E-state index in [1.165, 1.54) is 0 Å². The average Bonchev–Trinajstić information content (AvgIpc) is 2.56. The Morgan fingerprint density at radius 3 is 2.00 bits per heavy atom. The third-order valence-electron chi connectivity index (χ3n) is 2.95. The van der Waals surface area contributed by atoms with Crippen molar-refractivity contribution in [3.05, 3.63) is 49.9 Å². The molecule has 2 aromatic carbocycles. The second-order valence-electron chi connectivity index (χ2n) is 4.56. The number of benzene rings is 2. The van der Waals surface area contributed by atoms with E-state index in [1.807, 2.05) is 26.0 Å². The van der Waals surface area contributed by atoms with Gasteiger partial charge in [-0.2, -0.15) is 0 Å². The van der Waals surface area contributed by atoms with Crippen LogP contribution in [0.15, 0.2) is 24.3 Å². The maximum atomic E-state index is 5.97. The van der Waals surface area contributed by atoms with E-state index < -0.39 is 0 Å². The summed E-state index contributed by atoms with van der Waals surface area (Å²) in [5.41, 5.74) is 0.981. The lowest BCUT2D eigenvalue weighted by atomic mass is 10.2. The first-order valence-corrected chi connectivity index (χ1v) is 8.51. The highest BCUT2D eigenvalue weighted by Crippen LogP contribution is 2.36. The Morgan fingerprint density at radius 1 is 0.833 bits per heavy atom. The maximum absolute atomic E-state index is 5.97. The molecule has 0 fully saturated rings. The molecule has 132 valence electrons. The lowest BCUT2D eigenvalue weighted by Crippen LogP contribution is -1.92. The van der Waals surface area contributed by atoms with Gasteiger partial charge in [0.05, 0.1) is 40.9 Å². The Kier molecular flexibility index (Phi) is 8.85. The molecule has 2 rings (SSSR count). The van der Waals surface area contributed by atoms with Gasteiger partial charge in [-0.05, 0) is 31.5 Å². The van der Waals surface area contributed by atoms with Crippen LogP contribution in [0.4, 0.5) is 0 Å². The lowest BCUT2D eigenvalue weighted by Gasteiger charge is -2.10. The summed E-state index contributed by atoms with van der Waals surface area (Å²) in [6.07, 6.45) is 0. The summed E-state index contributed by atoms with van der Waals surface area (Å²) >= 11 is 23.2. The van der Waals surface area contributed by atoms with Gasteiger partial charge in [-0.3, -0.25) is 0 Å². The molecule has 0 aliphatic carbocycles. The van der Waals surface area contributed by atoms with Gasteiger partial charge < -0.3 is 14.2 Å². The van der Waals surface area contributed by atoms with E-state index in [0.29, 0.717) is 43.9 Å². The third-order valence-corrected chi connectivity index (χ3v) is 4.44. The summed E-state index contributed by atoms with van der Waals surface area (Å²) in [4.78, 5) is 0. The highest BCUT2D eigenvalue weighted by molar-refractivity contribution is 6.43. The summed E-state index contributed by atoms with van der Waals surface area (Å²) in [6.45, 7) is 4.35. The first kappa shape index (κ1) is 21.0. The number of hydrogen-bond donors (Lipinski definition) is 0. The van der Waals surface area contributed by atoms with Crippen molar-refractivity contribution in [1.82, 2.24) is 0 Å². The minimum absolute atomic E-state index is 0.435. The van der Waals surface area contributed by atoms with E-state index in [2.05, 4.69) is 0 Å². The quantitative estimate of drug-likeness (QED) is 0.523. The molecule has 0 amide bonds. The number of rotatable bonds is 4. The van der Waals surface area contributed by atoms with Crippen molar-refractivity contribution in [1.29, 1.82) is 0 Å². The highest BCUT2D eigenvalue weighted by Gasteiger charge is 2.09. The van der Waals surface area contributed by atoms with Gasteiger partial charge in [0.1, 0.15) is 5.75 Å². The van der Waals surface area contributed by atoms with Crippen LogP contribution in [0.2, 0.25) is 20.1 Å². The van der Waals surface area contributed by atoms with Gasteiger partial charge in [0.25, 0.3) is 0 Å². The first-order valence-electron chi connectivity index (χ1n) is 7.00. The molecule has 0 aromatic heterocycles. The van der Waals surface area contributed by atoms with Crippen LogP contribution in [-0.4, -0.2) is 20.8 Å². The van der Waals surface area contributed by atoms with Gasteiger partial charge in [-0.25, -0.2) is 0 Å². The highest BCUT2D eigenvalue weighted by atomic mass is 35.5. The van der Waals surface area contributed by atoms with Gasteiger partial charge in [-0.1, -0.05) is 52.5 Å². The topological polar surface area (TPSA) is 27.7 Å². The Bertz CT molecular complexity index is 690. The molecule has 0 saturated carbocycles. The monoisotopic (exact) mass is 410 g/mol. The summed E-state index contributed by atoms with van der Waals surface area (Å²) in [5.74, 6) is 1.82. The zero-order chi connectivity index (χ0) is 18.3. The molecule has 0 radical (unpaired) electrons. The van der Waals surface area contributed by atoms with Crippen LogP contribution >= 0.6 is 46.4 Å². The normalized spacial score (nSPS) is 9.83. The molecule has 2 aromatic rings.